The average Bonchev–Trinajstić information content (AvgIpc) is 2.36. The fourth-order valence-corrected chi connectivity index (χ4v) is 2.43. The Balaban J connectivity index is 2.34. The predicted molar refractivity (Wildman–Crippen MR) is 81.1 cm³/mol. The van der Waals surface area contributed by atoms with Gasteiger partial charge in [0, 0.05) is 7.11 Å². The summed E-state index contributed by atoms with van der Waals surface area (Å²) < 4.78 is 15.8. The van der Waals surface area contributed by atoms with E-state index in [1.165, 1.54) is 22.3 Å². The molecule has 0 aliphatic rings. The highest BCUT2D eigenvalue weighted by molar-refractivity contribution is 5.39. The monoisotopic (exact) mass is 281 g/mol. The maximum atomic E-state index is 6.22. The molecule has 0 saturated heterocycles. The maximum Gasteiger partial charge on any atom is 0.0701 e. The molecule has 0 aromatic heterocycles. The number of nitrogens with two attached hydrogens (primary N) is 1. The molecule has 2 N–H and O–H groups in total. The number of benzene rings is 1. The Morgan fingerprint density at radius 2 is 1.50 bits per heavy atom. The van der Waals surface area contributed by atoms with Gasteiger partial charge in [-0.25, -0.2) is 0 Å². The van der Waals surface area contributed by atoms with Gasteiger partial charge < -0.3 is 19.9 Å². The standard InChI is InChI=1S/C16H27NO3/c1-12-9-13(2)16(14(3)10-12)15(17)11-20-8-7-19-6-5-18-4/h9-10,15H,5-8,11,17H2,1-4H3. The molecule has 1 atom stereocenters. The first-order chi connectivity index (χ1) is 9.56. The summed E-state index contributed by atoms with van der Waals surface area (Å²) in [5.41, 5.74) is 11.1. The van der Waals surface area contributed by atoms with Crippen LogP contribution in [0, 0.1) is 20.8 Å². The van der Waals surface area contributed by atoms with Gasteiger partial charge in [-0.05, 0) is 37.5 Å². The number of hydrogen-bond acceptors (Lipinski definition) is 4. The lowest BCUT2D eigenvalue weighted by Gasteiger charge is -2.18. The van der Waals surface area contributed by atoms with E-state index >= 15 is 0 Å². The minimum atomic E-state index is -0.0884. The van der Waals surface area contributed by atoms with Gasteiger partial charge in [-0.1, -0.05) is 17.7 Å². The van der Waals surface area contributed by atoms with Crippen LogP contribution in [0.25, 0.3) is 0 Å². The molecule has 0 saturated carbocycles. The molecule has 1 aromatic carbocycles. The van der Waals surface area contributed by atoms with Crippen LogP contribution in [0.3, 0.4) is 0 Å². The fraction of sp³-hybridized carbons (Fsp3) is 0.625. The van der Waals surface area contributed by atoms with Crippen molar-refractivity contribution < 1.29 is 14.2 Å². The minimum Gasteiger partial charge on any atom is -0.382 e. The van der Waals surface area contributed by atoms with Gasteiger partial charge in [0.2, 0.25) is 0 Å². The maximum absolute atomic E-state index is 6.22. The summed E-state index contributed by atoms with van der Waals surface area (Å²) in [5, 5.41) is 0. The molecule has 0 amide bonds. The van der Waals surface area contributed by atoms with Crippen molar-refractivity contribution in [3.05, 3.63) is 34.4 Å². The van der Waals surface area contributed by atoms with E-state index in [4.69, 9.17) is 19.9 Å². The molecule has 1 aromatic rings. The number of methoxy groups -OCH3 is 1. The lowest BCUT2D eigenvalue weighted by molar-refractivity contribution is 0.0215. The lowest BCUT2D eigenvalue weighted by Crippen LogP contribution is -2.21. The van der Waals surface area contributed by atoms with E-state index in [2.05, 4.69) is 32.9 Å². The predicted octanol–water partition coefficient (Wildman–Crippen LogP) is 2.29. The van der Waals surface area contributed by atoms with Crippen molar-refractivity contribution in [2.75, 3.05) is 40.1 Å². The molecule has 1 rings (SSSR count). The van der Waals surface area contributed by atoms with Crippen molar-refractivity contribution in [2.45, 2.75) is 26.8 Å². The van der Waals surface area contributed by atoms with Gasteiger partial charge in [-0.3, -0.25) is 0 Å². The molecular weight excluding hydrogens is 254 g/mol. The lowest BCUT2D eigenvalue weighted by atomic mass is 9.95. The average molecular weight is 281 g/mol. The molecule has 1 unspecified atom stereocenters. The summed E-state index contributed by atoms with van der Waals surface area (Å²) in [4.78, 5) is 0. The van der Waals surface area contributed by atoms with Crippen molar-refractivity contribution >= 4 is 0 Å². The van der Waals surface area contributed by atoms with Crippen LogP contribution in [-0.4, -0.2) is 40.1 Å². The Morgan fingerprint density at radius 1 is 0.950 bits per heavy atom. The van der Waals surface area contributed by atoms with Crippen molar-refractivity contribution in [2.24, 2.45) is 5.73 Å². The Bertz CT molecular complexity index is 384. The van der Waals surface area contributed by atoms with Gasteiger partial charge in [0.25, 0.3) is 0 Å². The highest BCUT2D eigenvalue weighted by Crippen LogP contribution is 2.22. The third-order valence-corrected chi connectivity index (χ3v) is 3.21. The molecule has 0 heterocycles. The van der Waals surface area contributed by atoms with E-state index in [1.807, 2.05) is 0 Å². The summed E-state index contributed by atoms with van der Waals surface area (Å²) in [6.07, 6.45) is 0. The highest BCUT2D eigenvalue weighted by atomic mass is 16.5. The van der Waals surface area contributed by atoms with Crippen molar-refractivity contribution in [3.63, 3.8) is 0 Å². The first-order valence-electron chi connectivity index (χ1n) is 7.04. The molecule has 20 heavy (non-hydrogen) atoms. The van der Waals surface area contributed by atoms with Crippen molar-refractivity contribution in [1.82, 2.24) is 0 Å². The zero-order valence-corrected chi connectivity index (χ0v) is 13.1. The third-order valence-electron chi connectivity index (χ3n) is 3.21. The molecule has 0 aliphatic carbocycles. The third kappa shape index (κ3) is 5.59. The molecule has 4 nitrogen and oxygen atoms in total. The second-order valence-corrected chi connectivity index (χ2v) is 5.10. The van der Waals surface area contributed by atoms with Gasteiger partial charge in [0.1, 0.15) is 0 Å². The van der Waals surface area contributed by atoms with E-state index in [-0.39, 0.29) is 6.04 Å². The zero-order valence-electron chi connectivity index (χ0n) is 13.1. The second kappa shape index (κ2) is 9.08. The first-order valence-corrected chi connectivity index (χ1v) is 7.04. The fourth-order valence-electron chi connectivity index (χ4n) is 2.43. The highest BCUT2D eigenvalue weighted by Gasteiger charge is 2.12. The molecule has 4 heteroatoms. The number of aryl methyl sites for hydroxylation is 3. The summed E-state index contributed by atoms with van der Waals surface area (Å²) in [6, 6.07) is 4.24. The van der Waals surface area contributed by atoms with E-state index in [1.54, 1.807) is 7.11 Å². The van der Waals surface area contributed by atoms with Crippen LogP contribution >= 0.6 is 0 Å². The molecule has 0 bridgehead atoms. The second-order valence-electron chi connectivity index (χ2n) is 5.10. The Labute approximate surface area is 122 Å². The summed E-state index contributed by atoms with van der Waals surface area (Å²) in [5.74, 6) is 0. The van der Waals surface area contributed by atoms with Crippen LogP contribution in [-0.2, 0) is 14.2 Å². The summed E-state index contributed by atoms with van der Waals surface area (Å²) in [6.45, 7) is 9.15. The van der Waals surface area contributed by atoms with E-state index in [0.717, 1.165) is 0 Å². The van der Waals surface area contributed by atoms with Crippen LogP contribution in [0.15, 0.2) is 12.1 Å². The van der Waals surface area contributed by atoms with Crippen molar-refractivity contribution in [1.29, 1.82) is 0 Å². The van der Waals surface area contributed by atoms with Crippen LogP contribution in [0.1, 0.15) is 28.3 Å². The van der Waals surface area contributed by atoms with Gasteiger partial charge in [0.05, 0.1) is 39.1 Å². The van der Waals surface area contributed by atoms with Gasteiger partial charge in [-0.2, -0.15) is 0 Å². The Hall–Kier alpha value is -0.940. The normalized spacial score (nSPS) is 12.7. The van der Waals surface area contributed by atoms with Gasteiger partial charge in [-0.15, -0.1) is 0 Å². The quantitative estimate of drug-likeness (QED) is 0.706. The van der Waals surface area contributed by atoms with Gasteiger partial charge in [0.15, 0.2) is 0 Å². The molecule has 114 valence electrons. The molecule has 0 spiro atoms. The smallest absolute Gasteiger partial charge is 0.0701 e. The first kappa shape index (κ1) is 17.1. The molecule has 0 aliphatic heterocycles. The Kier molecular flexibility index (Phi) is 7.77. The molecular formula is C16H27NO3. The minimum absolute atomic E-state index is 0.0884. The number of hydrogen-bond donors (Lipinski definition) is 1. The van der Waals surface area contributed by atoms with Crippen molar-refractivity contribution in [3.8, 4) is 0 Å². The number of rotatable bonds is 9. The largest absolute Gasteiger partial charge is 0.382 e. The molecule has 0 fully saturated rings. The summed E-state index contributed by atoms with van der Waals surface area (Å²) >= 11 is 0. The number of ether oxygens (including phenoxy) is 3. The summed E-state index contributed by atoms with van der Waals surface area (Å²) in [7, 11) is 1.66. The van der Waals surface area contributed by atoms with E-state index in [9.17, 15) is 0 Å². The van der Waals surface area contributed by atoms with E-state index < -0.39 is 0 Å². The zero-order chi connectivity index (χ0) is 15.0. The SMILES string of the molecule is COCCOCCOCC(N)c1c(C)cc(C)cc1C. The van der Waals surface area contributed by atoms with E-state index in [0.29, 0.717) is 33.0 Å². The van der Waals surface area contributed by atoms with Crippen LogP contribution in [0.5, 0.6) is 0 Å². The van der Waals surface area contributed by atoms with Crippen LogP contribution in [0.2, 0.25) is 0 Å². The topological polar surface area (TPSA) is 53.7 Å². The molecule has 0 radical (unpaired) electrons. The Morgan fingerprint density at radius 3 is 2.10 bits per heavy atom. The van der Waals surface area contributed by atoms with Crippen LogP contribution < -0.4 is 5.73 Å². The van der Waals surface area contributed by atoms with Gasteiger partial charge >= 0.3 is 0 Å². The van der Waals surface area contributed by atoms with Crippen LogP contribution in [0.4, 0.5) is 0 Å².